The van der Waals surface area contributed by atoms with Gasteiger partial charge >= 0.3 is 6.18 Å². The molecule has 0 bridgehead atoms. The summed E-state index contributed by atoms with van der Waals surface area (Å²) in [7, 11) is -4.49. The van der Waals surface area contributed by atoms with Gasteiger partial charge in [-0.1, -0.05) is 50.3 Å². The lowest BCUT2D eigenvalue weighted by molar-refractivity contribution is -0.137. The van der Waals surface area contributed by atoms with E-state index in [9.17, 15) is 26.4 Å². The van der Waals surface area contributed by atoms with Gasteiger partial charge in [0.1, 0.15) is 6.04 Å². The fraction of sp³-hybridized carbons (Fsp3) is 0.433. The molecule has 0 radical (unpaired) electrons. The van der Waals surface area contributed by atoms with Crippen LogP contribution >= 0.6 is 0 Å². The first-order valence-corrected chi connectivity index (χ1v) is 15.6. The Bertz CT molecular complexity index is 1630. The highest BCUT2D eigenvalue weighted by Crippen LogP contribution is 2.34. The van der Waals surface area contributed by atoms with E-state index in [-0.39, 0.29) is 17.9 Å². The molecule has 2 aromatic carbocycles. The molecule has 2 atom stereocenters. The number of amides is 1. The van der Waals surface area contributed by atoms with Gasteiger partial charge in [-0.05, 0) is 59.6 Å². The first-order valence-electron chi connectivity index (χ1n) is 14.1. The molecule has 0 spiro atoms. The molecule has 3 aromatic rings. The summed E-state index contributed by atoms with van der Waals surface area (Å²) in [6.45, 7) is 8.25. The molecule has 13 heteroatoms. The summed E-state index contributed by atoms with van der Waals surface area (Å²) >= 11 is 0. The summed E-state index contributed by atoms with van der Waals surface area (Å²) in [5, 5.41) is 14.6. The molecule has 1 amide bonds. The molecule has 1 aromatic heterocycles. The molecule has 2 heterocycles. The van der Waals surface area contributed by atoms with Gasteiger partial charge in [0, 0.05) is 38.1 Å². The number of fused-ring (bicyclic) bond motifs is 1. The maximum Gasteiger partial charge on any atom is 0.416 e. The van der Waals surface area contributed by atoms with Crippen molar-refractivity contribution in [3.63, 3.8) is 0 Å². The van der Waals surface area contributed by atoms with Crippen LogP contribution in [0.2, 0.25) is 0 Å². The van der Waals surface area contributed by atoms with Crippen LogP contribution in [0.3, 0.4) is 0 Å². The monoisotopic (exact) mass is 616 g/mol. The largest absolute Gasteiger partial charge is 0.416 e. The highest BCUT2D eigenvalue weighted by Gasteiger charge is 2.38. The number of nitrogens with one attached hydrogen (secondary N) is 2. The molecule has 9 nitrogen and oxygen atoms in total. The predicted molar refractivity (Wildman–Crippen MR) is 154 cm³/mol. The molecule has 0 saturated heterocycles. The topological polar surface area (TPSA) is 109 Å². The van der Waals surface area contributed by atoms with Crippen molar-refractivity contribution >= 4 is 15.9 Å². The third-order valence-electron chi connectivity index (χ3n) is 7.55. The fourth-order valence-electron chi connectivity index (χ4n) is 5.46. The van der Waals surface area contributed by atoms with Crippen LogP contribution in [-0.2, 0) is 40.4 Å². The molecule has 1 aliphatic carbocycles. The molecule has 2 N–H and O–H groups in total. The Balaban J connectivity index is 1.35. The zero-order valence-electron chi connectivity index (χ0n) is 24.2. The van der Waals surface area contributed by atoms with Gasteiger partial charge in [-0.3, -0.25) is 9.10 Å². The fourth-order valence-corrected chi connectivity index (χ4v) is 6.96. The summed E-state index contributed by atoms with van der Waals surface area (Å²) in [5.74, 6) is -0.622. The Kier molecular flexibility index (Phi) is 8.41. The van der Waals surface area contributed by atoms with Crippen LogP contribution in [0.5, 0.6) is 0 Å². The normalized spacial score (nSPS) is 19.3. The number of alkyl halides is 3. The number of benzene rings is 2. The van der Waals surface area contributed by atoms with Gasteiger partial charge in [0.15, 0.2) is 0 Å². The van der Waals surface area contributed by atoms with Crippen LogP contribution in [0.25, 0.3) is 0 Å². The Morgan fingerprint density at radius 2 is 1.91 bits per heavy atom. The van der Waals surface area contributed by atoms with Crippen LogP contribution in [0.15, 0.2) is 66.0 Å². The second-order valence-corrected chi connectivity index (χ2v) is 14.0. The summed E-state index contributed by atoms with van der Waals surface area (Å²) in [5.41, 5.74) is 3.08. The van der Waals surface area contributed by atoms with Crippen LogP contribution < -0.4 is 10.6 Å². The smallest absolute Gasteiger partial charge is 0.329 e. The van der Waals surface area contributed by atoms with Crippen molar-refractivity contribution < 1.29 is 26.4 Å². The number of carbonyl (C=O) groups excluding carboxylic acids is 1. The second-order valence-electron chi connectivity index (χ2n) is 12.2. The van der Waals surface area contributed by atoms with E-state index in [1.165, 1.54) is 11.1 Å². The van der Waals surface area contributed by atoms with Crippen LogP contribution in [-0.4, -0.2) is 46.2 Å². The van der Waals surface area contributed by atoms with Gasteiger partial charge in [0.2, 0.25) is 5.91 Å². The van der Waals surface area contributed by atoms with E-state index < -0.39 is 38.6 Å². The van der Waals surface area contributed by atoms with Gasteiger partial charge in [0.25, 0.3) is 10.0 Å². The predicted octanol–water partition coefficient (Wildman–Crippen LogP) is 4.56. The summed E-state index contributed by atoms with van der Waals surface area (Å²) in [4.78, 5) is 12.3. The second kappa shape index (κ2) is 11.8. The Morgan fingerprint density at radius 3 is 2.65 bits per heavy atom. The molecule has 1 aliphatic heterocycles. The van der Waals surface area contributed by atoms with E-state index in [4.69, 9.17) is 0 Å². The maximum absolute atomic E-state index is 13.4. The maximum atomic E-state index is 13.4. The number of hydrogen-bond acceptors (Lipinski definition) is 6. The summed E-state index contributed by atoms with van der Waals surface area (Å²) in [6, 6.07) is 8.59. The number of nitrogens with zero attached hydrogens (tertiary/aromatic N) is 4. The quantitative estimate of drug-likeness (QED) is 0.384. The molecular formula is C30H35F3N6O3S. The Hall–Kier alpha value is -3.71. The van der Waals surface area contributed by atoms with E-state index in [2.05, 4.69) is 59.9 Å². The zero-order valence-corrected chi connectivity index (χ0v) is 25.0. The first-order chi connectivity index (χ1) is 20.2. The molecule has 0 unspecified atom stereocenters. The number of carbonyl (C=O) groups is 1. The van der Waals surface area contributed by atoms with Crippen molar-refractivity contribution in [2.75, 3.05) is 6.54 Å². The first kappa shape index (κ1) is 30.7. The van der Waals surface area contributed by atoms with E-state index in [0.29, 0.717) is 11.8 Å². The number of rotatable bonds is 8. The van der Waals surface area contributed by atoms with Crippen LogP contribution in [0.1, 0.15) is 67.6 Å². The number of sulfonamides is 1. The molecule has 5 rings (SSSR count). The third-order valence-corrected chi connectivity index (χ3v) is 9.33. The van der Waals surface area contributed by atoms with Gasteiger partial charge in [-0.15, -0.1) is 5.10 Å². The minimum absolute atomic E-state index is 0.0633. The average Bonchev–Trinajstić information content (AvgIpc) is 3.41. The standard InChI is InChI=1S/C30H35F3N6O3S/c1-29(2,3)19-34-17-20-10-11-25-21(14-20)6-4-9-26(25)38-18-23(36-37-38)16-27-28(40)35-12-13-39(27)43(41,42)24-8-5-7-22(15-24)30(31,32)33/h5,7-8,10-15,18,26-27,34H,4,6,9,16-17,19H2,1-3H3,(H,35,40)/t26-,27+/m0/s1. The molecular weight excluding hydrogens is 581 g/mol. The molecule has 43 heavy (non-hydrogen) atoms. The van der Waals surface area contributed by atoms with E-state index in [1.807, 2.05) is 0 Å². The van der Waals surface area contributed by atoms with Gasteiger partial charge in [-0.25, -0.2) is 13.1 Å². The number of hydrogen-bond donors (Lipinski definition) is 2. The molecule has 0 fully saturated rings. The van der Waals surface area contributed by atoms with Gasteiger partial charge in [0.05, 0.1) is 22.2 Å². The van der Waals surface area contributed by atoms with Crippen molar-refractivity contribution in [1.82, 2.24) is 29.9 Å². The van der Waals surface area contributed by atoms with Crippen molar-refractivity contribution in [3.8, 4) is 0 Å². The van der Waals surface area contributed by atoms with Gasteiger partial charge in [-0.2, -0.15) is 13.2 Å². The third kappa shape index (κ3) is 6.93. The van der Waals surface area contributed by atoms with E-state index in [1.54, 1.807) is 10.9 Å². The van der Waals surface area contributed by atoms with E-state index >= 15 is 0 Å². The molecule has 0 saturated carbocycles. The van der Waals surface area contributed by atoms with Gasteiger partial charge < -0.3 is 10.6 Å². The SMILES string of the molecule is CC(C)(C)CNCc1ccc2c(c1)CCC[C@@H]2n1cc(C[C@@H]2C(=O)NC=CN2S(=O)(=O)c2cccc(C(F)(F)F)c2)nn1. The van der Waals surface area contributed by atoms with E-state index in [0.717, 1.165) is 72.8 Å². The summed E-state index contributed by atoms with van der Waals surface area (Å²) in [6.07, 6.45) is 1.92. The minimum Gasteiger partial charge on any atom is -0.329 e. The van der Waals surface area contributed by atoms with Crippen LogP contribution in [0.4, 0.5) is 13.2 Å². The van der Waals surface area contributed by atoms with Crippen molar-refractivity contribution in [1.29, 1.82) is 0 Å². The van der Waals surface area contributed by atoms with Crippen molar-refractivity contribution in [2.24, 2.45) is 5.41 Å². The highest BCUT2D eigenvalue weighted by molar-refractivity contribution is 7.89. The lowest BCUT2D eigenvalue weighted by Gasteiger charge is -2.31. The zero-order chi connectivity index (χ0) is 31.0. The Labute approximate surface area is 249 Å². The van der Waals surface area contributed by atoms with Crippen molar-refractivity contribution in [2.45, 2.75) is 76.2 Å². The lowest BCUT2D eigenvalue weighted by atomic mass is 9.86. The Morgan fingerprint density at radius 1 is 1.12 bits per heavy atom. The van der Waals surface area contributed by atoms with Crippen LogP contribution in [0, 0.1) is 5.41 Å². The average molecular weight is 617 g/mol. The molecule has 230 valence electrons. The molecule has 2 aliphatic rings. The number of aromatic nitrogens is 3. The minimum atomic E-state index is -4.72. The van der Waals surface area contributed by atoms with Crippen molar-refractivity contribution in [3.05, 3.63) is 89.0 Å². The highest BCUT2D eigenvalue weighted by atomic mass is 32.2. The number of halogens is 3. The number of aryl methyl sites for hydroxylation is 1. The lowest BCUT2D eigenvalue weighted by Crippen LogP contribution is -2.50. The summed E-state index contributed by atoms with van der Waals surface area (Å²) < 4.78 is 69.2.